The molecular formula is C23H29N3O2S. The summed E-state index contributed by atoms with van der Waals surface area (Å²) in [5, 5.41) is 2.71. The van der Waals surface area contributed by atoms with Gasteiger partial charge in [-0.3, -0.25) is 19.8 Å². The number of hydrogen-bond acceptors (Lipinski definition) is 4. The van der Waals surface area contributed by atoms with Crippen molar-refractivity contribution in [3.8, 4) is 0 Å². The van der Waals surface area contributed by atoms with E-state index in [9.17, 15) is 9.59 Å². The van der Waals surface area contributed by atoms with E-state index >= 15 is 0 Å². The minimum absolute atomic E-state index is 0.0922. The third kappa shape index (κ3) is 3.99. The van der Waals surface area contributed by atoms with Gasteiger partial charge in [0.05, 0.1) is 0 Å². The van der Waals surface area contributed by atoms with Crippen LogP contribution in [0.3, 0.4) is 0 Å². The number of anilines is 1. The van der Waals surface area contributed by atoms with Gasteiger partial charge >= 0.3 is 0 Å². The summed E-state index contributed by atoms with van der Waals surface area (Å²) in [5.41, 5.74) is 3.54. The molecule has 0 bridgehead atoms. The number of benzene rings is 1. The van der Waals surface area contributed by atoms with Crippen molar-refractivity contribution in [3.05, 3.63) is 47.6 Å². The summed E-state index contributed by atoms with van der Waals surface area (Å²) in [7, 11) is 0. The molecule has 0 radical (unpaired) electrons. The van der Waals surface area contributed by atoms with Crippen molar-refractivity contribution in [2.45, 2.75) is 52.0 Å². The van der Waals surface area contributed by atoms with Crippen LogP contribution in [0.15, 0.2) is 36.4 Å². The first-order chi connectivity index (χ1) is 13.7. The van der Waals surface area contributed by atoms with Gasteiger partial charge in [0, 0.05) is 24.3 Å². The molecule has 2 amide bonds. The molecule has 1 fully saturated rings. The summed E-state index contributed by atoms with van der Waals surface area (Å²) in [6.07, 6.45) is 5.38. The fourth-order valence-corrected chi connectivity index (χ4v) is 4.65. The quantitative estimate of drug-likeness (QED) is 0.344. The summed E-state index contributed by atoms with van der Waals surface area (Å²) < 4.78 is 0. The lowest BCUT2D eigenvalue weighted by atomic mass is 9.79. The second-order valence-electron chi connectivity index (χ2n) is 8.41. The summed E-state index contributed by atoms with van der Waals surface area (Å²) >= 11 is 5.11. The molecule has 29 heavy (non-hydrogen) atoms. The van der Waals surface area contributed by atoms with E-state index in [2.05, 4.69) is 56.6 Å². The Hall–Kier alpha value is -2.47. The molecule has 0 aliphatic carbocycles. The summed E-state index contributed by atoms with van der Waals surface area (Å²) in [5.74, 6) is -0.454. The Morgan fingerprint density at radius 1 is 1.34 bits per heavy atom. The van der Waals surface area contributed by atoms with Gasteiger partial charge in [0.15, 0.2) is 5.11 Å². The van der Waals surface area contributed by atoms with Gasteiger partial charge in [0.2, 0.25) is 0 Å². The molecule has 2 aliphatic rings. The second-order valence-corrected chi connectivity index (χ2v) is 8.80. The number of amides is 2. The van der Waals surface area contributed by atoms with Crippen molar-refractivity contribution in [2.24, 2.45) is 0 Å². The standard InChI is InChI=1S/C23H29N3O2S/c1-6-10-25-21(28)18(20(27)24-22(25)29)13-16-8-9-19-17(12-16)15(3)14-23(4,5)26(19)11-7-2/h6,8-9,12-13,15H,1,7,10-11,14H2,2-5H3,(H,24,27,29)/b18-13+. The Kier molecular flexibility index (Phi) is 5.94. The maximum absolute atomic E-state index is 12.8. The second kappa shape index (κ2) is 8.11. The summed E-state index contributed by atoms with van der Waals surface area (Å²) in [6.45, 7) is 13.9. The lowest BCUT2D eigenvalue weighted by Gasteiger charge is -2.47. The van der Waals surface area contributed by atoms with E-state index in [0.29, 0.717) is 5.92 Å². The predicted molar refractivity (Wildman–Crippen MR) is 122 cm³/mol. The Bertz CT molecular complexity index is 903. The molecule has 1 atom stereocenters. The minimum atomic E-state index is -0.458. The Balaban J connectivity index is 2.00. The third-order valence-electron chi connectivity index (χ3n) is 5.67. The zero-order valence-corrected chi connectivity index (χ0v) is 18.4. The van der Waals surface area contributed by atoms with Gasteiger partial charge in [-0.05, 0) is 74.2 Å². The molecule has 1 unspecified atom stereocenters. The van der Waals surface area contributed by atoms with E-state index in [1.807, 2.05) is 6.07 Å². The van der Waals surface area contributed by atoms with Crippen molar-refractivity contribution in [3.63, 3.8) is 0 Å². The first-order valence-electron chi connectivity index (χ1n) is 10.1. The highest BCUT2D eigenvalue weighted by Crippen LogP contribution is 2.43. The van der Waals surface area contributed by atoms with Crippen LogP contribution in [0.25, 0.3) is 6.08 Å². The molecule has 5 nitrogen and oxygen atoms in total. The first kappa shape index (κ1) is 21.2. The van der Waals surface area contributed by atoms with Gasteiger partial charge < -0.3 is 4.90 Å². The molecule has 1 N–H and O–H groups in total. The number of carbonyl (C=O) groups excluding carboxylic acids is 2. The van der Waals surface area contributed by atoms with Crippen LogP contribution >= 0.6 is 12.2 Å². The van der Waals surface area contributed by atoms with Crippen LogP contribution in [0.2, 0.25) is 0 Å². The molecular weight excluding hydrogens is 382 g/mol. The zero-order valence-electron chi connectivity index (χ0n) is 17.6. The number of hydrogen-bond donors (Lipinski definition) is 1. The fraction of sp³-hybridized carbons (Fsp3) is 0.435. The monoisotopic (exact) mass is 411 g/mol. The molecule has 0 saturated carbocycles. The van der Waals surface area contributed by atoms with Crippen LogP contribution in [0, 0.1) is 0 Å². The summed E-state index contributed by atoms with van der Waals surface area (Å²) in [4.78, 5) is 29.0. The van der Waals surface area contributed by atoms with E-state index in [1.54, 1.807) is 12.2 Å². The zero-order chi connectivity index (χ0) is 21.3. The molecule has 2 heterocycles. The topological polar surface area (TPSA) is 52.7 Å². The fourth-order valence-electron chi connectivity index (χ4n) is 4.40. The van der Waals surface area contributed by atoms with E-state index in [1.165, 1.54) is 16.2 Å². The normalized spacial score (nSPS) is 22.6. The van der Waals surface area contributed by atoms with E-state index in [4.69, 9.17) is 12.2 Å². The summed E-state index contributed by atoms with van der Waals surface area (Å²) in [6, 6.07) is 6.20. The smallest absolute Gasteiger partial charge is 0.265 e. The van der Waals surface area contributed by atoms with E-state index in [0.717, 1.165) is 24.9 Å². The van der Waals surface area contributed by atoms with Crippen molar-refractivity contribution >= 4 is 40.9 Å². The molecule has 3 rings (SSSR count). The van der Waals surface area contributed by atoms with Gasteiger partial charge in [0.1, 0.15) is 5.57 Å². The van der Waals surface area contributed by atoms with E-state index in [-0.39, 0.29) is 22.8 Å². The maximum Gasteiger partial charge on any atom is 0.265 e. The Morgan fingerprint density at radius 2 is 2.07 bits per heavy atom. The molecule has 6 heteroatoms. The molecule has 1 aromatic rings. The van der Waals surface area contributed by atoms with Gasteiger partial charge in [-0.1, -0.05) is 26.0 Å². The number of nitrogens with one attached hydrogen (secondary N) is 1. The lowest BCUT2D eigenvalue weighted by Crippen LogP contribution is -2.53. The highest BCUT2D eigenvalue weighted by Gasteiger charge is 2.36. The van der Waals surface area contributed by atoms with Crippen LogP contribution in [-0.4, -0.2) is 40.5 Å². The largest absolute Gasteiger partial charge is 0.366 e. The van der Waals surface area contributed by atoms with Gasteiger partial charge in [-0.2, -0.15) is 0 Å². The van der Waals surface area contributed by atoms with Gasteiger partial charge in [0.25, 0.3) is 11.8 Å². The SMILES string of the molecule is C=CCN1C(=O)/C(=C/c2ccc3c(c2)C(C)CC(C)(C)N3CCC)C(=O)NC1=S. The van der Waals surface area contributed by atoms with Crippen molar-refractivity contribution in [2.75, 3.05) is 18.0 Å². The van der Waals surface area contributed by atoms with Crippen molar-refractivity contribution in [1.82, 2.24) is 10.2 Å². The van der Waals surface area contributed by atoms with Crippen molar-refractivity contribution < 1.29 is 9.59 Å². The average molecular weight is 412 g/mol. The third-order valence-corrected chi connectivity index (χ3v) is 5.99. The van der Waals surface area contributed by atoms with Crippen LogP contribution in [0.1, 0.15) is 57.6 Å². The number of carbonyl (C=O) groups is 2. The molecule has 0 spiro atoms. The molecule has 154 valence electrons. The predicted octanol–water partition coefficient (Wildman–Crippen LogP) is 4.00. The number of nitrogens with zero attached hydrogens (tertiary/aromatic N) is 2. The maximum atomic E-state index is 12.8. The number of thiocarbonyl (C=S) groups is 1. The van der Waals surface area contributed by atoms with Crippen molar-refractivity contribution in [1.29, 1.82) is 0 Å². The van der Waals surface area contributed by atoms with Crippen LogP contribution < -0.4 is 10.2 Å². The van der Waals surface area contributed by atoms with Crippen LogP contribution in [0.5, 0.6) is 0 Å². The Labute approximate surface area is 178 Å². The van der Waals surface area contributed by atoms with E-state index < -0.39 is 11.8 Å². The molecule has 2 aliphatic heterocycles. The van der Waals surface area contributed by atoms with Gasteiger partial charge in [-0.25, -0.2) is 0 Å². The Morgan fingerprint density at radius 3 is 2.72 bits per heavy atom. The molecule has 0 aromatic heterocycles. The average Bonchev–Trinajstić information content (AvgIpc) is 2.65. The molecule has 1 aromatic carbocycles. The highest BCUT2D eigenvalue weighted by atomic mass is 32.1. The van der Waals surface area contributed by atoms with Crippen LogP contribution in [-0.2, 0) is 9.59 Å². The highest BCUT2D eigenvalue weighted by molar-refractivity contribution is 7.80. The number of rotatable bonds is 5. The lowest BCUT2D eigenvalue weighted by molar-refractivity contribution is -0.128. The molecule has 1 saturated heterocycles. The minimum Gasteiger partial charge on any atom is -0.366 e. The first-order valence-corrected chi connectivity index (χ1v) is 10.5. The number of fused-ring (bicyclic) bond motifs is 1. The van der Waals surface area contributed by atoms with Crippen LogP contribution in [0.4, 0.5) is 5.69 Å². The van der Waals surface area contributed by atoms with Gasteiger partial charge in [-0.15, -0.1) is 6.58 Å².